The quantitative estimate of drug-likeness (QED) is 0.169. The third-order valence-corrected chi connectivity index (χ3v) is 8.40. The van der Waals surface area contributed by atoms with Gasteiger partial charge in [-0.2, -0.15) is 5.10 Å². The number of anilines is 1. The molecule has 5 rings (SSSR count). The van der Waals surface area contributed by atoms with Gasteiger partial charge in [-0.25, -0.2) is 0 Å². The number of rotatable bonds is 10. The number of H-pyrrole nitrogens is 2. The Morgan fingerprint density at radius 2 is 2.02 bits per heavy atom. The highest BCUT2D eigenvalue weighted by Gasteiger charge is 2.16. The minimum absolute atomic E-state index is 0.671. The number of allylic oxidation sites excluding steroid dienone is 4. The Bertz CT molecular complexity index is 1690. The molecule has 4 N–H and O–H groups in total. The van der Waals surface area contributed by atoms with Gasteiger partial charge < -0.3 is 15.6 Å². The maximum absolute atomic E-state index is 4.70. The third kappa shape index (κ3) is 6.59. The summed E-state index contributed by atoms with van der Waals surface area (Å²) >= 11 is 1.72. The molecular weight excluding hydrogens is 524 g/mol. The monoisotopic (exact) mass is 562 g/mol. The number of nitrogens with zero attached hydrogens (tertiary/aromatic N) is 2. The van der Waals surface area contributed by atoms with Crippen LogP contribution in [0.15, 0.2) is 79.6 Å². The normalized spacial score (nSPS) is 15.3. The van der Waals surface area contributed by atoms with E-state index in [2.05, 4.69) is 94.2 Å². The molecule has 4 aromatic heterocycles. The van der Waals surface area contributed by atoms with E-state index in [0.717, 1.165) is 80.8 Å². The molecule has 1 fully saturated rings. The summed E-state index contributed by atoms with van der Waals surface area (Å²) in [7, 11) is 0. The number of nitrogens with one attached hydrogen (secondary N) is 4. The van der Waals surface area contributed by atoms with E-state index in [0.29, 0.717) is 5.92 Å². The van der Waals surface area contributed by atoms with E-state index < -0.39 is 0 Å². The average Bonchev–Trinajstić information content (AvgIpc) is 3.73. The SMILES string of the molecule is C=C/C=C(/c1cccs1)c1cc(-c2n[nH]c(=C/C)/c2=C\C(=C)c2cncc(NC(=C)CC3CCNCC3)c2)[nH]c1C. The van der Waals surface area contributed by atoms with Crippen molar-refractivity contribution in [2.45, 2.75) is 33.1 Å². The summed E-state index contributed by atoms with van der Waals surface area (Å²) in [4.78, 5) is 9.25. The molecule has 0 aliphatic carbocycles. The highest BCUT2D eigenvalue weighted by Crippen LogP contribution is 2.32. The summed E-state index contributed by atoms with van der Waals surface area (Å²) in [5.74, 6) is 0.671. The number of aromatic amines is 2. The van der Waals surface area contributed by atoms with Crippen LogP contribution >= 0.6 is 11.3 Å². The number of hydrogen-bond acceptors (Lipinski definition) is 5. The predicted octanol–water partition coefficient (Wildman–Crippen LogP) is 6.40. The fraction of sp³-hybridized carbons (Fsp3) is 0.235. The fourth-order valence-corrected chi connectivity index (χ4v) is 6.15. The average molecular weight is 563 g/mol. The number of piperidine rings is 1. The topological polar surface area (TPSA) is 81.4 Å². The van der Waals surface area contributed by atoms with Gasteiger partial charge in [-0.15, -0.1) is 11.3 Å². The molecule has 6 nitrogen and oxygen atoms in total. The first-order valence-electron chi connectivity index (χ1n) is 14.1. The number of aromatic nitrogens is 4. The van der Waals surface area contributed by atoms with Crippen LogP contribution in [0.4, 0.5) is 5.69 Å². The van der Waals surface area contributed by atoms with E-state index in [1.165, 1.54) is 17.7 Å². The predicted molar refractivity (Wildman–Crippen MR) is 175 cm³/mol. The molecule has 210 valence electrons. The van der Waals surface area contributed by atoms with Gasteiger partial charge in [0.25, 0.3) is 0 Å². The van der Waals surface area contributed by atoms with Crippen molar-refractivity contribution < 1.29 is 0 Å². The van der Waals surface area contributed by atoms with E-state index in [4.69, 9.17) is 5.10 Å². The second kappa shape index (κ2) is 13.0. The van der Waals surface area contributed by atoms with Crippen LogP contribution in [-0.2, 0) is 0 Å². The van der Waals surface area contributed by atoms with Crippen molar-refractivity contribution >= 4 is 40.3 Å². The van der Waals surface area contributed by atoms with E-state index in [1.807, 2.05) is 31.5 Å². The molecule has 1 aliphatic heterocycles. The van der Waals surface area contributed by atoms with Crippen LogP contribution in [0.25, 0.3) is 34.7 Å². The first-order valence-corrected chi connectivity index (χ1v) is 14.9. The van der Waals surface area contributed by atoms with Crippen LogP contribution in [0.1, 0.15) is 47.9 Å². The molecule has 1 saturated heterocycles. The summed E-state index contributed by atoms with van der Waals surface area (Å²) in [6, 6.07) is 8.45. The summed E-state index contributed by atoms with van der Waals surface area (Å²) in [5, 5.41) is 18.8. The van der Waals surface area contributed by atoms with Crippen molar-refractivity contribution in [1.82, 2.24) is 25.5 Å². The molecule has 0 saturated carbocycles. The van der Waals surface area contributed by atoms with Crippen molar-refractivity contribution in [2.75, 3.05) is 18.4 Å². The Morgan fingerprint density at radius 1 is 1.20 bits per heavy atom. The van der Waals surface area contributed by atoms with E-state index in [9.17, 15) is 0 Å². The minimum atomic E-state index is 0.671. The standard InChI is InChI=1S/C34H38N6S/c1-6-9-28(33-10-8-15-41-33)29-19-32(38-24(29)5)34-30(31(7-2)39-40-34)16-22(3)26-18-27(21-36-20-26)37-23(4)17-25-11-13-35-14-12-25/h6-10,15-16,18-21,25,35,37-39H,1,3-4,11-14,17H2,2,5H3/b28-9+,30-16+,31-7+. The zero-order chi connectivity index (χ0) is 28.8. The van der Waals surface area contributed by atoms with Crippen LogP contribution in [-0.4, -0.2) is 33.3 Å². The lowest BCUT2D eigenvalue weighted by Crippen LogP contribution is -2.28. The first-order chi connectivity index (χ1) is 20.0. The van der Waals surface area contributed by atoms with Crippen molar-refractivity contribution in [1.29, 1.82) is 0 Å². The van der Waals surface area contributed by atoms with Gasteiger partial charge in [-0.05, 0) is 87.3 Å². The zero-order valence-corrected chi connectivity index (χ0v) is 24.7. The smallest absolute Gasteiger partial charge is 0.116 e. The maximum atomic E-state index is 4.70. The number of pyridine rings is 1. The fourth-order valence-electron chi connectivity index (χ4n) is 5.39. The Balaban J connectivity index is 1.43. The number of aryl methyl sites for hydroxylation is 1. The van der Waals surface area contributed by atoms with Crippen molar-refractivity contribution in [3.63, 3.8) is 0 Å². The molecular formula is C34H38N6S. The second-order valence-corrected chi connectivity index (χ2v) is 11.4. The first kappa shape index (κ1) is 28.3. The Labute approximate surface area is 246 Å². The van der Waals surface area contributed by atoms with Gasteiger partial charge in [0, 0.05) is 44.4 Å². The minimum Gasteiger partial charge on any atom is -0.358 e. The summed E-state index contributed by atoms with van der Waals surface area (Å²) in [5.41, 5.74) is 8.86. The van der Waals surface area contributed by atoms with Gasteiger partial charge in [0.15, 0.2) is 0 Å². The van der Waals surface area contributed by atoms with Gasteiger partial charge in [-0.3, -0.25) is 10.1 Å². The molecule has 0 amide bonds. The van der Waals surface area contributed by atoms with Gasteiger partial charge in [0.2, 0.25) is 0 Å². The lowest BCUT2D eigenvalue weighted by atomic mass is 9.93. The third-order valence-electron chi connectivity index (χ3n) is 7.50. The van der Waals surface area contributed by atoms with Crippen LogP contribution < -0.4 is 21.2 Å². The second-order valence-electron chi connectivity index (χ2n) is 10.5. The van der Waals surface area contributed by atoms with E-state index >= 15 is 0 Å². The van der Waals surface area contributed by atoms with Gasteiger partial charge in [0.1, 0.15) is 5.69 Å². The molecule has 0 bridgehead atoms. The molecule has 0 atom stereocenters. The maximum Gasteiger partial charge on any atom is 0.116 e. The zero-order valence-electron chi connectivity index (χ0n) is 23.9. The van der Waals surface area contributed by atoms with Crippen LogP contribution in [0.5, 0.6) is 0 Å². The molecule has 0 radical (unpaired) electrons. The van der Waals surface area contributed by atoms with Crippen LogP contribution in [0, 0.1) is 12.8 Å². The lowest BCUT2D eigenvalue weighted by Gasteiger charge is -2.23. The Hall–Kier alpha value is -4.20. The Kier molecular flexibility index (Phi) is 8.97. The molecule has 41 heavy (non-hydrogen) atoms. The molecule has 7 heteroatoms. The van der Waals surface area contributed by atoms with Crippen molar-refractivity contribution in [3.8, 4) is 11.4 Å². The molecule has 0 spiro atoms. The van der Waals surface area contributed by atoms with Gasteiger partial charge >= 0.3 is 0 Å². The largest absolute Gasteiger partial charge is 0.358 e. The molecule has 1 aliphatic rings. The van der Waals surface area contributed by atoms with E-state index in [1.54, 1.807) is 11.3 Å². The summed E-state index contributed by atoms with van der Waals surface area (Å²) in [6.45, 7) is 18.9. The molecule has 0 aromatic carbocycles. The Morgan fingerprint density at radius 3 is 2.76 bits per heavy atom. The number of thiophene rings is 1. The molecule has 5 heterocycles. The van der Waals surface area contributed by atoms with Crippen LogP contribution in [0.3, 0.4) is 0 Å². The van der Waals surface area contributed by atoms with Crippen LogP contribution in [0.2, 0.25) is 0 Å². The van der Waals surface area contributed by atoms with E-state index in [-0.39, 0.29) is 0 Å². The summed E-state index contributed by atoms with van der Waals surface area (Å²) < 4.78 is 0. The summed E-state index contributed by atoms with van der Waals surface area (Å²) in [6.07, 6.45) is 15.0. The number of hydrogen-bond donors (Lipinski definition) is 4. The highest BCUT2D eigenvalue weighted by atomic mass is 32.1. The molecule has 4 aromatic rings. The lowest BCUT2D eigenvalue weighted by molar-refractivity contribution is 0.373. The van der Waals surface area contributed by atoms with Crippen molar-refractivity contribution in [2.24, 2.45) is 5.92 Å². The highest BCUT2D eigenvalue weighted by molar-refractivity contribution is 7.11. The van der Waals surface area contributed by atoms with Gasteiger partial charge in [0.05, 0.1) is 22.9 Å². The van der Waals surface area contributed by atoms with Gasteiger partial charge in [-0.1, -0.05) is 44.0 Å². The van der Waals surface area contributed by atoms with Crippen molar-refractivity contribution in [3.05, 3.63) is 112 Å². The molecule has 0 unspecified atom stereocenters.